The summed E-state index contributed by atoms with van der Waals surface area (Å²) in [5.41, 5.74) is 0.897. The fourth-order valence-electron chi connectivity index (χ4n) is 1.59. The number of ether oxygens (including phenoxy) is 1. The first kappa shape index (κ1) is 15.3. The van der Waals surface area contributed by atoms with Gasteiger partial charge >= 0.3 is 0 Å². The quantitative estimate of drug-likeness (QED) is 0.463. The minimum atomic E-state index is 0.0732. The minimum Gasteiger partial charge on any atom is -0.490 e. The molecular weight excluding hydrogens is 440 g/mol. The Bertz CT molecular complexity index is 603. The van der Waals surface area contributed by atoms with Crippen LogP contribution in [-0.4, -0.2) is 16.9 Å². The predicted octanol–water partition coefficient (Wildman–Crippen LogP) is 5.29. The molecule has 0 unspecified atom stereocenters. The number of benzene rings is 1. The molecule has 102 valence electrons. The zero-order valence-electron chi connectivity index (χ0n) is 10.7. The summed E-state index contributed by atoms with van der Waals surface area (Å²) in [5, 5.41) is 2.52. The Morgan fingerprint density at radius 1 is 1.47 bits per heavy atom. The molecule has 0 amide bonds. The van der Waals surface area contributed by atoms with Crippen LogP contribution < -0.4 is 4.74 Å². The second-order valence-corrected chi connectivity index (χ2v) is 7.29. The van der Waals surface area contributed by atoms with Crippen LogP contribution in [0.15, 0.2) is 24.4 Å². The summed E-state index contributed by atoms with van der Waals surface area (Å²) in [4.78, 5) is 4.40. The van der Waals surface area contributed by atoms with Gasteiger partial charge in [-0.2, -0.15) is 0 Å². The van der Waals surface area contributed by atoms with Crippen molar-refractivity contribution >= 4 is 61.0 Å². The van der Waals surface area contributed by atoms with Gasteiger partial charge in [-0.15, -0.1) is 0 Å². The molecule has 1 aromatic carbocycles. The number of hydrogen-bond donors (Lipinski definition) is 0. The molecule has 0 aliphatic rings. The molecule has 2 nitrogen and oxygen atoms in total. The van der Waals surface area contributed by atoms with Crippen LogP contribution in [0.3, 0.4) is 0 Å². The van der Waals surface area contributed by atoms with E-state index < -0.39 is 0 Å². The molecule has 0 aliphatic carbocycles. The lowest BCUT2D eigenvalue weighted by Crippen LogP contribution is -2.23. The van der Waals surface area contributed by atoms with Gasteiger partial charge in [0.2, 0.25) is 0 Å². The highest BCUT2D eigenvalue weighted by molar-refractivity contribution is 14.1. The lowest BCUT2D eigenvalue weighted by atomic mass is 9.98. The molecule has 0 radical (unpaired) electrons. The average molecular weight is 455 g/mol. The van der Waals surface area contributed by atoms with Crippen LogP contribution in [0.25, 0.3) is 10.9 Å². The van der Waals surface area contributed by atoms with Gasteiger partial charge in [0.25, 0.3) is 0 Å². The molecule has 0 fully saturated rings. The topological polar surface area (TPSA) is 22.1 Å². The lowest BCUT2D eigenvalue weighted by Gasteiger charge is -2.22. The molecular formula is C14H14BrClINO. The van der Waals surface area contributed by atoms with Crippen molar-refractivity contribution in [2.45, 2.75) is 13.8 Å². The van der Waals surface area contributed by atoms with Gasteiger partial charge in [-0.25, -0.2) is 0 Å². The van der Waals surface area contributed by atoms with Crippen LogP contribution in [0.1, 0.15) is 13.8 Å². The summed E-state index contributed by atoms with van der Waals surface area (Å²) in [7, 11) is 0. The van der Waals surface area contributed by atoms with E-state index in [9.17, 15) is 0 Å². The highest BCUT2D eigenvalue weighted by Crippen LogP contribution is 2.35. The summed E-state index contributed by atoms with van der Waals surface area (Å²) in [6, 6.07) is 5.76. The van der Waals surface area contributed by atoms with E-state index in [1.54, 1.807) is 6.20 Å². The number of pyridine rings is 1. The van der Waals surface area contributed by atoms with Crippen LogP contribution in [0.4, 0.5) is 0 Å². The second kappa shape index (κ2) is 6.14. The van der Waals surface area contributed by atoms with Gasteiger partial charge < -0.3 is 4.74 Å². The summed E-state index contributed by atoms with van der Waals surface area (Å²) < 4.78 is 6.99. The molecule has 0 atom stereocenters. The zero-order valence-corrected chi connectivity index (χ0v) is 15.2. The standard InChI is InChI=1S/C14H14BrClINO/c1-14(2,7-15)8-19-13-11(17)6-10(16)9-4-3-5-18-12(9)13/h3-6H,7-8H2,1-2H3. The molecule has 19 heavy (non-hydrogen) atoms. The van der Waals surface area contributed by atoms with E-state index in [2.05, 4.69) is 57.4 Å². The first-order chi connectivity index (χ1) is 8.94. The van der Waals surface area contributed by atoms with Crippen molar-refractivity contribution in [1.82, 2.24) is 4.98 Å². The third-order valence-electron chi connectivity index (χ3n) is 2.72. The van der Waals surface area contributed by atoms with E-state index in [1.807, 2.05) is 18.2 Å². The molecule has 2 rings (SSSR count). The Labute approximate surface area is 140 Å². The SMILES string of the molecule is CC(C)(CBr)COc1c(I)cc(Cl)c2cccnc12. The van der Waals surface area contributed by atoms with Gasteiger partial charge in [-0.1, -0.05) is 41.4 Å². The van der Waals surface area contributed by atoms with Gasteiger partial charge in [0.15, 0.2) is 5.75 Å². The Hall–Kier alpha value is -0.0700. The summed E-state index contributed by atoms with van der Waals surface area (Å²) in [6.45, 7) is 4.93. The monoisotopic (exact) mass is 453 g/mol. The van der Waals surface area contributed by atoms with E-state index >= 15 is 0 Å². The third-order valence-corrected chi connectivity index (χ3v) is 5.35. The maximum atomic E-state index is 6.24. The molecule has 5 heteroatoms. The Morgan fingerprint density at radius 3 is 2.89 bits per heavy atom. The molecule has 0 bridgehead atoms. The summed E-state index contributed by atoms with van der Waals surface area (Å²) in [5.74, 6) is 0.814. The number of rotatable bonds is 4. The highest BCUT2D eigenvalue weighted by Gasteiger charge is 2.19. The van der Waals surface area contributed by atoms with Crippen LogP contribution in [-0.2, 0) is 0 Å². The maximum Gasteiger partial charge on any atom is 0.158 e. The van der Waals surface area contributed by atoms with E-state index in [-0.39, 0.29) is 5.41 Å². The first-order valence-electron chi connectivity index (χ1n) is 5.86. The van der Waals surface area contributed by atoms with Crippen molar-refractivity contribution in [1.29, 1.82) is 0 Å². The smallest absolute Gasteiger partial charge is 0.158 e. The van der Waals surface area contributed by atoms with E-state index in [4.69, 9.17) is 16.3 Å². The second-order valence-electron chi connectivity index (χ2n) is 5.16. The Morgan fingerprint density at radius 2 is 2.21 bits per heavy atom. The molecule has 0 saturated carbocycles. The molecule has 0 N–H and O–H groups in total. The van der Waals surface area contributed by atoms with Crippen molar-refractivity contribution in [3.63, 3.8) is 0 Å². The number of alkyl halides is 1. The maximum absolute atomic E-state index is 6.24. The molecule has 0 aliphatic heterocycles. The zero-order chi connectivity index (χ0) is 14.0. The van der Waals surface area contributed by atoms with Crippen molar-refractivity contribution in [2.24, 2.45) is 5.41 Å². The molecule has 1 heterocycles. The molecule has 0 saturated heterocycles. The van der Waals surface area contributed by atoms with Gasteiger partial charge in [0.05, 0.1) is 15.2 Å². The summed E-state index contributed by atoms with van der Waals surface area (Å²) in [6.07, 6.45) is 1.76. The third kappa shape index (κ3) is 3.52. The van der Waals surface area contributed by atoms with Crippen molar-refractivity contribution in [3.8, 4) is 5.75 Å². The van der Waals surface area contributed by atoms with Gasteiger partial charge in [-0.3, -0.25) is 4.98 Å². The molecule has 2 aromatic rings. The fraction of sp³-hybridized carbons (Fsp3) is 0.357. The summed E-state index contributed by atoms with van der Waals surface area (Å²) >= 11 is 12.0. The number of halogens is 3. The predicted molar refractivity (Wildman–Crippen MR) is 92.5 cm³/mol. The largest absolute Gasteiger partial charge is 0.490 e. The van der Waals surface area contributed by atoms with Gasteiger partial charge in [0, 0.05) is 22.3 Å². The van der Waals surface area contributed by atoms with E-state index in [0.717, 1.165) is 25.6 Å². The highest BCUT2D eigenvalue weighted by atomic mass is 127. The van der Waals surface area contributed by atoms with Crippen LogP contribution in [0.2, 0.25) is 5.02 Å². The Kier molecular flexibility index (Phi) is 4.95. The van der Waals surface area contributed by atoms with E-state index in [0.29, 0.717) is 11.6 Å². The number of fused-ring (bicyclic) bond motifs is 1. The van der Waals surface area contributed by atoms with Gasteiger partial charge in [-0.05, 0) is 40.8 Å². The number of nitrogens with zero attached hydrogens (tertiary/aromatic N) is 1. The first-order valence-corrected chi connectivity index (χ1v) is 8.44. The lowest BCUT2D eigenvalue weighted by molar-refractivity contribution is 0.203. The van der Waals surface area contributed by atoms with Crippen LogP contribution >= 0.6 is 50.1 Å². The van der Waals surface area contributed by atoms with Crippen molar-refractivity contribution in [2.75, 3.05) is 11.9 Å². The van der Waals surface area contributed by atoms with Crippen LogP contribution in [0.5, 0.6) is 5.75 Å². The van der Waals surface area contributed by atoms with Gasteiger partial charge in [0.1, 0.15) is 5.52 Å². The van der Waals surface area contributed by atoms with E-state index in [1.165, 1.54) is 0 Å². The van der Waals surface area contributed by atoms with Crippen molar-refractivity contribution in [3.05, 3.63) is 33.0 Å². The minimum absolute atomic E-state index is 0.0732. The number of aromatic nitrogens is 1. The normalized spacial score (nSPS) is 11.8. The average Bonchev–Trinajstić information content (AvgIpc) is 2.38. The number of hydrogen-bond acceptors (Lipinski definition) is 2. The Balaban J connectivity index is 2.43. The van der Waals surface area contributed by atoms with Crippen molar-refractivity contribution < 1.29 is 4.74 Å². The fourth-order valence-corrected chi connectivity index (χ4v) is 2.92. The molecule has 0 spiro atoms. The molecule has 1 aromatic heterocycles. The van der Waals surface area contributed by atoms with Crippen LogP contribution in [0, 0.1) is 8.99 Å².